The first-order valence-electron chi connectivity index (χ1n) is 18.2. The highest BCUT2D eigenvalue weighted by atomic mass is 32.2. The Balaban J connectivity index is 1.29. The van der Waals surface area contributed by atoms with Crippen LogP contribution < -0.4 is 20.1 Å². The number of sulfonamides is 1. The number of nitrogens with zero attached hydrogens (tertiary/aromatic N) is 1. The van der Waals surface area contributed by atoms with Gasteiger partial charge in [0, 0.05) is 25.7 Å². The van der Waals surface area contributed by atoms with Crippen molar-refractivity contribution in [1.29, 1.82) is 0 Å². The second-order valence-corrected chi connectivity index (χ2v) is 16.3. The summed E-state index contributed by atoms with van der Waals surface area (Å²) in [6.07, 6.45) is 1.40. The molecule has 0 aliphatic carbocycles. The molecule has 0 radical (unpaired) electrons. The van der Waals surface area contributed by atoms with Crippen LogP contribution in [0.3, 0.4) is 0 Å². The predicted octanol–water partition coefficient (Wildman–Crippen LogP) is 4.59. The van der Waals surface area contributed by atoms with E-state index >= 15 is 0 Å². The van der Waals surface area contributed by atoms with E-state index in [0.717, 1.165) is 31.2 Å². The molecule has 2 saturated heterocycles. The van der Waals surface area contributed by atoms with E-state index in [9.17, 15) is 23.1 Å². The molecule has 2 aromatic carbocycles. The number of alkyl carbamates (subject to hydrolysis) is 2. The van der Waals surface area contributed by atoms with Crippen molar-refractivity contribution in [1.82, 2.24) is 14.9 Å². The maximum Gasteiger partial charge on any atom is 0.407 e. The van der Waals surface area contributed by atoms with E-state index in [1.165, 1.54) is 16.4 Å². The summed E-state index contributed by atoms with van der Waals surface area (Å²) < 4.78 is 62.9. The molecule has 5 rings (SSSR count). The number of carbonyl (C=O) groups excluding carboxylic acids is 2. The van der Waals surface area contributed by atoms with Crippen LogP contribution in [-0.2, 0) is 35.4 Å². The molecular weight excluding hydrogens is 694 g/mol. The zero-order chi connectivity index (χ0) is 37.1. The Bertz CT molecular complexity index is 1580. The molecule has 288 valence electrons. The summed E-state index contributed by atoms with van der Waals surface area (Å²) in [5.74, 6) is 0.712. The van der Waals surface area contributed by atoms with Gasteiger partial charge in [0.2, 0.25) is 16.8 Å². The molecule has 2 amide bonds. The van der Waals surface area contributed by atoms with E-state index in [4.69, 9.17) is 28.4 Å². The largest absolute Gasteiger partial charge is 0.454 e. The highest BCUT2D eigenvalue weighted by Gasteiger charge is 2.44. The molecule has 0 spiro atoms. The minimum absolute atomic E-state index is 0.00216. The fourth-order valence-electron chi connectivity index (χ4n) is 6.69. The molecule has 15 heteroatoms. The topological polar surface area (TPSA) is 171 Å². The standard InChI is InChI=1S/C37H53N3O11S/c1-4-18-47-35(42)38-17-10-6-9-16-37(2,3)24-40(52(44,45)27-13-14-31-32(21-27)50-25-49-31)22-30(41)29(20-26-11-7-5-8-12-26)39-36(43)51-33-23-48-34-28(33)15-19-46-34/h5,7-8,11-14,21,28-30,33-34,41H,4,6,9-10,15-20,22-25H2,1-3H3,(H,38,42)(H,39,43)/t28-,29-,30+,33-,34+/m0/s1. The maximum absolute atomic E-state index is 14.4. The van der Waals surface area contributed by atoms with Crippen molar-refractivity contribution in [3.8, 4) is 11.5 Å². The van der Waals surface area contributed by atoms with Gasteiger partial charge < -0.3 is 44.2 Å². The zero-order valence-corrected chi connectivity index (χ0v) is 31.1. The second kappa shape index (κ2) is 18.4. The molecule has 2 fully saturated rings. The van der Waals surface area contributed by atoms with Crippen molar-refractivity contribution in [3.05, 3.63) is 54.1 Å². The van der Waals surface area contributed by atoms with E-state index in [2.05, 4.69) is 10.6 Å². The highest BCUT2D eigenvalue weighted by molar-refractivity contribution is 7.89. The molecule has 0 bridgehead atoms. The second-order valence-electron chi connectivity index (χ2n) is 14.3. The molecule has 0 saturated carbocycles. The molecule has 3 N–H and O–H groups in total. The zero-order valence-electron chi connectivity index (χ0n) is 30.3. The number of rotatable bonds is 19. The van der Waals surface area contributed by atoms with Crippen molar-refractivity contribution in [2.24, 2.45) is 11.3 Å². The predicted molar refractivity (Wildman–Crippen MR) is 190 cm³/mol. The smallest absolute Gasteiger partial charge is 0.407 e. The van der Waals surface area contributed by atoms with Crippen LogP contribution in [0.5, 0.6) is 11.5 Å². The van der Waals surface area contributed by atoms with Gasteiger partial charge in [-0.1, -0.05) is 63.9 Å². The number of unbranched alkanes of at least 4 members (excludes halogenated alkanes) is 2. The molecule has 0 aromatic heterocycles. The Morgan fingerprint density at radius 2 is 1.83 bits per heavy atom. The number of aliphatic hydroxyl groups excluding tert-OH is 1. The summed E-state index contributed by atoms with van der Waals surface area (Å²) >= 11 is 0. The van der Waals surface area contributed by atoms with Gasteiger partial charge in [-0.15, -0.1) is 0 Å². The number of aliphatic hydroxyl groups is 1. The fourth-order valence-corrected chi connectivity index (χ4v) is 8.35. The number of hydrogen-bond acceptors (Lipinski definition) is 11. The van der Waals surface area contributed by atoms with Crippen LogP contribution in [0.15, 0.2) is 53.4 Å². The maximum atomic E-state index is 14.4. The molecule has 3 aliphatic heterocycles. The van der Waals surface area contributed by atoms with Gasteiger partial charge in [0.1, 0.15) is 6.10 Å². The first-order valence-corrected chi connectivity index (χ1v) is 19.6. The Morgan fingerprint density at radius 1 is 1.04 bits per heavy atom. The Hall–Kier alpha value is -3.63. The summed E-state index contributed by atoms with van der Waals surface area (Å²) in [6.45, 7) is 7.30. The van der Waals surface area contributed by atoms with Gasteiger partial charge in [0.25, 0.3) is 0 Å². The van der Waals surface area contributed by atoms with Gasteiger partial charge in [-0.05, 0) is 55.2 Å². The molecule has 3 heterocycles. The van der Waals surface area contributed by atoms with Gasteiger partial charge in [-0.3, -0.25) is 0 Å². The number of nitrogens with one attached hydrogen (secondary N) is 2. The average molecular weight is 748 g/mol. The number of carbonyl (C=O) groups is 2. The number of amides is 2. The van der Waals surface area contributed by atoms with Crippen molar-refractivity contribution < 1.29 is 51.5 Å². The minimum atomic E-state index is -4.17. The summed E-state index contributed by atoms with van der Waals surface area (Å²) in [5, 5.41) is 17.4. The molecular formula is C37H53N3O11S. The van der Waals surface area contributed by atoms with Crippen LogP contribution in [0.1, 0.15) is 64.9 Å². The van der Waals surface area contributed by atoms with Crippen LogP contribution >= 0.6 is 0 Å². The summed E-state index contributed by atoms with van der Waals surface area (Å²) in [7, 11) is -4.17. The Morgan fingerprint density at radius 3 is 2.62 bits per heavy atom. The van der Waals surface area contributed by atoms with Crippen LogP contribution in [0.25, 0.3) is 0 Å². The third kappa shape index (κ3) is 10.9. The quantitative estimate of drug-likeness (QED) is 0.172. The minimum Gasteiger partial charge on any atom is -0.454 e. The molecule has 14 nitrogen and oxygen atoms in total. The third-order valence-electron chi connectivity index (χ3n) is 9.52. The van der Waals surface area contributed by atoms with Gasteiger partial charge in [-0.25, -0.2) is 18.0 Å². The number of benzene rings is 2. The molecule has 3 aliphatic rings. The molecule has 2 aromatic rings. The fraction of sp³-hybridized carbons (Fsp3) is 0.622. The summed E-state index contributed by atoms with van der Waals surface area (Å²) in [4.78, 5) is 25.0. The third-order valence-corrected chi connectivity index (χ3v) is 11.3. The highest BCUT2D eigenvalue weighted by Crippen LogP contribution is 2.36. The monoisotopic (exact) mass is 747 g/mol. The Labute approximate surface area is 306 Å². The average Bonchev–Trinajstić information content (AvgIpc) is 3.87. The Kier molecular flexibility index (Phi) is 14.0. The molecule has 0 unspecified atom stereocenters. The van der Waals surface area contributed by atoms with E-state index in [1.807, 2.05) is 51.1 Å². The lowest BCUT2D eigenvalue weighted by atomic mass is 9.86. The van der Waals surface area contributed by atoms with Crippen molar-refractivity contribution in [3.63, 3.8) is 0 Å². The molecule has 5 atom stereocenters. The van der Waals surface area contributed by atoms with Crippen molar-refractivity contribution in [2.75, 3.05) is 46.2 Å². The van der Waals surface area contributed by atoms with E-state index < -0.39 is 52.2 Å². The lowest BCUT2D eigenvalue weighted by Crippen LogP contribution is -2.52. The van der Waals surface area contributed by atoms with Gasteiger partial charge >= 0.3 is 12.2 Å². The normalized spacial score (nSPS) is 20.7. The lowest BCUT2D eigenvalue weighted by molar-refractivity contribution is -0.0907. The van der Waals surface area contributed by atoms with Gasteiger partial charge in [-0.2, -0.15) is 4.31 Å². The summed E-state index contributed by atoms with van der Waals surface area (Å²) in [6, 6.07) is 12.9. The summed E-state index contributed by atoms with van der Waals surface area (Å²) in [5.41, 5.74) is 0.346. The lowest BCUT2D eigenvalue weighted by Gasteiger charge is -2.35. The van der Waals surface area contributed by atoms with Crippen LogP contribution in [0.2, 0.25) is 0 Å². The van der Waals surface area contributed by atoms with Crippen molar-refractivity contribution in [2.45, 2.75) is 95.2 Å². The van der Waals surface area contributed by atoms with Crippen LogP contribution in [0.4, 0.5) is 9.59 Å². The van der Waals surface area contributed by atoms with E-state index in [0.29, 0.717) is 44.1 Å². The molecule has 52 heavy (non-hydrogen) atoms. The van der Waals surface area contributed by atoms with Gasteiger partial charge in [0.15, 0.2) is 17.8 Å². The van der Waals surface area contributed by atoms with Gasteiger partial charge in [0.05, 0.1) is 42.8 Å². The SMILES string of the molecule is CCCOC(=O)NCCCCCC(C)(C)CN(C[C@@H](O)[C@H](Cc1ccccc1)NC(=O)O[C@H]1CO[C@H]2OCC[C@H]21)S(=O)(=O)c1ccc2c(c1)OCO2. The first kappa shape index (κ1) is 39.6. The number of hydrogen-bond donors (Lipinski definition) is 3. The number of ether oxygens (including phenoxy) is 6. The first-order chi connectivity index (χ1) is 24.9. The van der Waals surface area contributed by atoms with Crippen molar-refractivity contribution >= 4 is 22.2 Å². The van der Waals surface area contributed by atoms with E-state index in [1.54, 1.807) is 6.07 Å². The van der Waals surface area contributed by atoms with Crippen LogP contribution in [-0.4, -0.2) is 101 Å². The number of fused-ring (bicyclic) bond motifs is 2. The van der Waals surface area contributed by atoms with Crippen LogP contribution in [0, 0.1) is 11.3 Å². The van der Waals surface area contributed by atoms with E-state index in [-0.39, 0.29) is 43.7 Å².